The number of likely N-dealkylation sites (tertiary alicyclic amines) is 1. The third-order valence-corrected chi connectivity index (χ3v) is 3.52. The Morgan fingerprint density at radius 2 is 2.20 bits per heavy atom. The Kier molecular flexibility index (Phi) is 4.55. The van der Waals surface area contributed by atoms with E-state index in [2.05, 4.69) is 16.5 Å². The second-order valence-corrected chi connectivity index (χ2v) is 6.58. The van der Waals surface area contributed by atoms with E-state index in [1.54, 1.807) is 0 Å². The van der Waals surface area contributed by atoms with Crippen LogP contribution in [0, 0.1) is 5.92 Å². The minimum atomic E-state index is -3.06. The lowest BCUT2D eigenvalue weighted by molar-refractivity contribution is 0.174. The first-order valence-electron chi connectivity index (χ1n) is 5.56. The van der Waals surface area contributed by atoms with Gasteiger partial charge in [0.1, 0.15) is 0 Å². The van der Waals surface area contributed by atoms with E-state index in [-0.39, 0.29) is 6.04 Å². The summed E-state index contributed by atoms with van der Waals surface area (Å²) in [5, 5.41) is 0. The van der Waals surface area contributed by atoms with Gasteiger partial charge in [0.2, 0.25) is 10.0 Å². The number of rotatable bonds is 4. The zero-order valence-electron chi connectivity index (χ0n) is 9.86. The van der Waals surface area contributed by atoms with Crippen LogP contribution in [0.4, 0.5) is 0 Å². The van der Waals surface area contributed by atoms with Crippen molar-refractivity contribution in [1.82, 2.24) is 9.62 Å². The number of sulfonamides is 1. The van der Waals surface area contributed by atoms with Crippen LogP contribution < -0.4 is 4.72 Å². The van der Waals surface area contributed by atoms with Crippen LogP contribution in [0.25, 0.3) is 0 Å². The molecule has 90 valence electrons. The second kappa shape index (κ2) is 5.27. The molecule has 0 spiro atoms. The van der Waals surface area contributed by atoms with Crippen molar-refractivity contribution in [2.45, 2.75) is 32.7 Å². The lowest BCUT2D eigenvalue weighted by Crippen LogP contribution is -2.44. The van der Waals surface area contributed by atoms with Gasteiger partial charge in [0.05, 0.1) is 6.26 Å². The molecule has 0 amide bonds. The van der Waals surface area contributed by atoms with Crippen molar-refractivity contribution in [2.75, 3.05) is 25.9 Å². The third-order valence-electron chi connectivity index (χ3n) is 2.69. The molecule has 1 N–H and O–H groups in total. The summed E-state index contributed by atoms with van der Waals surface area (Å²) >= 11 is 0. The molecule has 4 nitrogen and oxygen atoms in total. The Hall–Kier alpha value is -0.130. The summed E-state index contributed by atoms with van der Waals surface area (Å²) in [6, 6.07) is 0.00491. The fourth-order valence-corrected chi connectivity index (χ4v) is 3.05. The van der Waals surface area contributed by atoms with E-state index in [9.17, 15) is 8.42 Å². The number of nitrogens with one attached hydrogen (secondary N) is 1. The quantitative estimate of drug-likeness (QED) is 0.777. The third kappa shape index (κ3) is 5.49. The van der Waals surface area contributed by atoms with Crippen molar-refractivity contribution >= 4 is 10.0 Å². The van der Waals surface area contributed by atoms with Crippen LogP contribution >= 0.6 is 0 Å². The first kappa shape index (κ1) is 12.9. The normalized spacial score (nSPS) is 26.5. The van der Waals surface area contributed by atoms with Crippen molar-refractivity contribution in [3.63, 3.8) is 0 Å². The largest absolute Gasteiger partial charge is 0.301 e. The van der Waals surface area contributed by atoms with Crippen LogP contribution in [0.3, 0.4) is 0 Å². The average Bonchev–Trinajstić information content (AvgIpc) is 1.99. The summed E-state index contributed by atoms with van der Waals surface area (Å²) in [5.41, 5.74) is 0. The van der Waals surface area contributed by atoms with Crippen molar-refractivity contribution in [3.05, 3.63) is 0 Å². The molecular formula is C10H22N2O2S. The maximum atomic E-state index is 11.0. The average molecular weight is 234 g/mol. The molecule has 0 aromatic carbocycles. The van der Waals surface area contributed by atoms with Gasteiger partial charge in [-0.1, -0.05) is 6.92 Å². The molecular weight excluding hydrogens is 212 g/mol. The Bertz CT molecular complexity index is 290. The second-order valence-electron chi connectivity index (χ2n) is 4.80. The van der Waals surface area contributed by atoms with Gasteiger partial charge in [0.15, 0.2) is 0 Å². The van der Waals surface area contributed by atoms with Crippen molar-refractivity contribution in [3.8, 4) is 0 Å². The highest BCUT2D eigenvalue weighted by molar-refractivity contribution is 7.88. The fraction of sp³-hybridized carbons (Fsp3) is 1.00. The van der Waals surface area contributed by atoms with E-state index in [0.29, 0.717) is 0 Å². The zero-order chi connectivity index (χ0) is 11.5. The lowest BCUT2D eigenvalue weighted by Gasteiger charge is -2.32. The molecule has 1 fully saturated rings. The van der Waals surface area contributed by atoms with Gasteiger partial charge in [-0.3, -0.25) is 0 Å². The highest BCUT2D eigenvalue weighted by atomic mass is 32.2. The van der Waals surface area contributed by atoms with Crippen molar-refractivity contribution < 1.29 is 8.42 Å². The summed E-state index contributed by atoms with van der Waals surface area (Å²) in [6.45, 7) is 7.18. The van der Waals surface area contributed by atoms with E-state index in [4.69, 9.17) is 0 Å². The van der Waals surface area contributed by atoms with E-state index >= 15 is 0 Å². The number of hydrogen-bond donors (Lipinski definition) is 1. The molecule has 1 saturated heterocycles. The van der Waals surface area contributed by atoms with Gasteiger partial charge >= 0.3 is 0 Å². The summed E-state index contributed by atoms with van der Waals surface area (Å²) in [4.78, 5) is 2.34. The van der Waals surface area contributed by atoms with Gasteiger partial charge in [-0.2, -0.15) is 0 Å². The van der Waals surface area contributed by atoms with Gasteiger partial charge in [-0.15, -0.1) is 0 Å². The molecule has 0 aromatic heterocycles. The predicted octanol–water partition coefficient (Wildman–Crippen LogP) is 0.656. The van der Waals surface area contributed by atoms with E-state index in [0.717, 1.165) is 25.6 Å². The smallest absolute Gasteiger partial charge is 0.208 e. The summed E-state index contributed by atoms with van der Waals surface area (Å²) < 4.78 is 24.6. The number of nitrogens with zero attached hydrogens (tertiary/aromatic N) is 1. The molecule has 0 radical (unpaired) electrons. The topological polar surface area (TPSA) is 49.4 Å². The number of hydrogen-bond acceptors (Lipinski definition) is 3. The highest BCUT2D eigenvalue weighted by Crippen LogP contribution is 2.15. The minimum Gasteiger partial charge on any atom is -0.301 e. The van der Waals surface area contributed by atoms with Crippen LogP contribution in [-0.4, -0.2) is 45.2 Å². The van der Waals surface area contributed by atoms with Crippen molar-refractivity contribution in [1.29, 1.82) is 0 Å². The van der Waals surface area contributed by atoms with Gasteiger partial charge in [-0.05, 0) is 32.2 Å². The molecule has 1 aliphatic heterocycles. The van der Waals surface area contributed by atoms with Crippen LogP contribution in [0.15, 0.2) is 0 Å². The molecule has 0 aliphatic carbocycles. The zero-order valence-corrected chi connectivity index (χ0v) is 10.7. The molecule has 0 bridgehead atoms. The molecule has 2 atom stereocenters. The van der Waals surface area contributed by atoms with Crippen LogP contribution in [0.5, 0.6) is 0 Å². The first-order chi connectivity index (χ1) is 6.87. The highest BCUT2D eigenvalue weighted by Gasteiger charge is 2.19. The molecule has 1 rings (SSSR count). The lowest BCUT2D eigenvalue weighted by atomic mass is 10.00. The van der Waals surface area contributed by atoms with E-state index < -0.39 is 10.0 Å². The Morgan fingerprint density at radius 3 is 2.73 bits per heavy atom. The molecule has 0 saturated carbocycles. The van der Waals surface area contributed by atoms with Crippen LogP contribution in [0.2, 0.25) is 0 Å². The summed E-state index contributed by atoms with van der Waals surface area (Å²) in [6.07, 6.45) is 3.74. The first-order valence-corrected chi connectivity index (χ1v) is 7.45. The summed E-state index contributed by atoms with van der Waals surface area (Å²) in [7, 11) is -3.06. The maximum Gasteiger partial charge on any atom is 0.208 e. The maximum absolute atomic E-state index is 11.0. The molecule has 1 heterocycles. The Morgan fingerprint density at radius 1 is 1.53 bits per heavy atom. The number of piperidine rings is 1. The van der Waals surface area contributed by atoms with Gasteiger partial charge in [0.25, 0.3) is 0 Å². The van der Waals surface area contributed by atoms with Crippen LogP contribution in [-0.2, 0) is 10.0 Å². The predicted molar refractivity (Wildman–Crippen MR) is 62.3 cm³/mol. The minimum absolute atomic E-state index is 0.00491. The van der Waals surface area contributed by atoms with Crippen LogP contribution in [0.1, 0.15) is 26.7 Å². The van der Waals surface area contributed by atoms with E-state index in [1.165, 1.54) is 19.1 Å². The van der Waals surface area contributed by atoms with E-state index in [1.807, 2.05) is 6.92 Å². The molecule has 1 aliphatic rings. The SMILES string of the molecule is C[C@@H]1CCCN(C[C@@H](C)NS(C)(=O)=O)C1. The standard InChI is InChI=1S/C10H22N2O2S/c1-9-5-4-6-12(7-9)8-10(2)11-15(3,13)14/h9-11H,4-8H2,1-3H3/t9-,10-/m1/s1. The Balaban J connectivity index is 2.34. The fourth-order valence-electron chi connectivity index (χ4n) is 2.24. The summed E-state index contributed by atoms with van der Waals surface area (Å²) in [5.74, 6) is 0.740. The Labute approximate surface area is 93.1 Å². The monoisotopic (exact) mass is 234 g/mol. The van der Waals surface area contributed by atoms with Gasteiger partial charge < -0.3 is 4.90 Å². The molecule has 0 unspecified atom stereocenters. The molecule has 0 aromatic rings. The van der Waals surface area contributed by atoms with Crippen molar-refractivity contribution in [2.24, 2.45) is 5.92 Å². The molecule has 15 heavy (non-hydrogen) atoms. The molecule has 5 heteroatoms. The van der Waals surface area contributed by atoms with Gasteiger partial charge in [-0.25, -0.2) is 13.1 Å². The van der Waals surface area contributed by atoms with Gasteiger partial charge in [0, 0.05) is 19.1 Å².